The molecule has 15 heavy (non-hydrogen) atoms. The number of aliphatic hydroxyl groups is 4. The van der Waals surface area contributed by atoms with Gasteiger partial charge in [-0.25, -0.2) is 0 Å². The first kappa shape index (κ1) is 12.6. The van der Waals surface area contributed by atoms with Crippen LogP contribution in [0.3, 0.4) is 0 Å². The van der Waals surface area contributed by atoms with E-state index in [4.69, 9.17) is 0 Å². The molecular weight excluding hydrogens is 200 g/mol. The van der Waals surface area contributed by atoms with Crippen LogP contribution in [-0.4, -0.2) is 50.6 Å². The Morgan fingerprint density at radius 2 is 2.07 bits per heavy atom. The van der Waals surface area contributed by atoms with E-state index >= 15 is 0 Å². The molecule has 1 aliphatic carbocycles. The first-order valence-corrected chi connectivity index (χ1v) is 5.11. The molecule has 4 N–H and O–H groups in total. The van der Waals surface area contributed by atoms with Gasteiger partial charge in [-0.1, -0.05) is 0 Å². The lowest BCUT2D eigenvalue weighted by Gasteiger charge is -2.30. The highest BCUT2D eigenvalue weighted by Gasteiger charge is 2.48. The molecule has 5 nitrogen and oxygen atoms in total. The van der Waals surface area contributed by atoms with E-state index in [1.54, 1.807) is 0 Å². The van der Waals surface area contributed by atoms with Crippen molar-refractivity contribution >= 4 is 6.29 Å². The quantitative estimate of drug-likeness (QED) is 0.445. The lowest BCUT2D eigenvalue weighted by atomic mass is 9.90. The Morgan fingerprint density at radius 1 is 1.47 bits per heavy atom. The molecule has 88 valence electrons. The van der Waals surface area contributed by atoms with Crippen molar-refractivity contribution in [3.05, 3.63) is 0 Å². The van der Waals surface area contributed by atoms with Crippen molar-refractivity contribution in [1.29, 1.82) is 0 Å². The molecule has 0 aromatic carbocycles. The van der Waals surface area contributed by atoms with E-state index in [1.807, 2.05) is 0 Å². The van der Waals surface area contributed by atoms with Crippen LogP contribution in [0.5, 0.6) is 0 Å². The first-order chi connectivity index (χ1) is 6.90. The van der Waals surface area contributed by atoms with Gasteiger partial charge in [0.05, 0.1) is 17.8 Å². The lowest BCUT2D eigenvalue weighted by Crippen LogP contribution is -2.46. The summed E-state index contributed by atoms with van der Waals surface area (Å²) in [4.78, 5) is 10.3. The first-order valence-electron chi connectivity index (χ1n) is 5.11. The maximum atomic E-state index is 10.3. The Bertz CT molecular complexity index is 230. The summed E-state index contributed by atoms with van der Waals surface area (Å²) in [7, 11) is 0. The molecule has 0 aliphatic heterocycles. The van der Waals surface area contributed by atoms with Gasteiger partial charge in [0, 0.05) is 12.8 Å². The molecule has 0 bridgehead atoms. The summed E-state index contributed by atoms with van der Waals surface area (Å²) in [6, 6.07) is 0. The van der Waals surface area contributed by atoms with Crippen LogP contribution in [-0.2, 0) is 4.79 Å². The highest BCUT2D eigenvalue weighted by atomic mass is 16.4. The minimum absolute atomic E-state index is 0.00241. The molecule has 0 spiro atoms. The van der Waals surface area contributed by atoms with Crippen molar-refractivity contribution in [2.75, 3.05) is 0 Å². The predicted octanol–water partition coefficient (Wildman–Crippen LogP) is -1.18. The van der Waals surface area contributed by atoms with E-state index in [1.165, 1.54) is 6.92 Å². The van der Waals surface area contributed by atoms with Gasteiger partial charge in [0.15, 0.2) is 0 Å². The van der Waals surface area contributed by atoms with E-state index in [0.29, 0.717) is 6.29 Å². The number of aldehydes is 1. The molecular formula is C10H18O5. The minimum atomic E-state index is -1.48. The van der Waals surface area contributed by atoms with Gasteiger partial charge in [-0.05, 0) is 19.3 Å². The van der Waals surface area contributed by atoms with E-state index < -0.39 is 23.9 Å². The van der Waals surface area contributed by atoms with Gasteiger partial charge >= 0.3 is 0 Å². The molecule has 0 heterocycles. The fourth-order valence-corrected chi connectivity index (χ4v) is 2.26. The number of hydrogen-bond acceptors (Lipinski definition) is 5. The molecule has 0 aromatic heterocycles. The standard InChI is InChI=1S/C10H18O5/c1-6(12)9(14)10(15)4-7(2-3-11)8(13)5-10/h3,6-9,12-15H,2,4-5H2,1H3/t6?,7-,8?,9-,10-/m0/s1. The van der Waals surface area contributed by atoms with Crippen molar-refractivity contribution in [3.8, 4) is 0 Å². The number of carbonyl (C=O) groups is 1. The zero-order chi connectivity index (χ0) is 11.6. The third kappa shape index (κ3) is 2.55. The molecule has 5 atom stereocenters. The van der Waals surface area contributed by atoms with Crippen molar-refractivity contribution in [2.24, 2.45) is 5.92 Å². The second kappa shape index (κ2) is 4.57. The maximum absolute atomic E-state index is 10.3. The van der Waals surface area contributed by atoms with Crippen molar-refractivity contribution in [2.45, 2.75) is 50.1 Å². The molecule has 1 fully saturated rings. The van der Waals surface area contributed by atoms with Crippen LogP contribution < -0.4 is 0 Å². The topological polar surface area (TPSA) is 98.0 Å². The third-order valence-corrected chi connectivity index (χ3v) is 3.13. The Kier molecular flexibility index (Phi) is 3.83. The molecule has 0 amide bonds. The van der Waals surface area contributed by atoms with Crippen molar-refractivity contribution in [1.82, 2.24) is 0 Å². The highest BCUT2D eigenvalue weighted by Crippen LogP contribution is 2.39. The van der Waals surface area contributed by atoms with Gasteiger partial charge in [0.1, 0.15) is 12.4 Å². The van der Waals surface area contributed by atoms with E-state index in [2.05, 4.69) is 0 Å². The average Bonchev–Trinajstić information content (AvgIpc) is 2.42. The molecule has 1 rings (SSSR count). The third-order valence-electron chi connectivity index (χ3n) is 3.13. The summed E-state index contributed by atoms with van der Waals surface area (Å²) < 4.78 is 0. The van der Waals surface area contributed by atoms with Gasteiger partial charge < -0.3 is 25.2 Å². The second-order valence-corrected chi connectivity index (χ2v) is 4.43. The predicted molar refractivity (Wildman–Crippen MR) is 52.0 cm³/mol. The van der Waals surface area contributed by atoms with Crippen LogP contribution >= 0.6 is 0 Å². The molecule has 0 aromatic rings. The number of rotatable bonds is 4. The Labute approximate surface area is 88.4 Å². The van der Waals surface area contributed by atoms with Crippen molar-refractivity contribution < 1.29 is 25.2 Å². The molecule has 0 radical (unpaired) electrons. The molecule has 5 heteroatoms. The van der Waals surface area contributed by atoms with Crippen LogP contribution in [0, 0.1) is 5.92 Å². The lowest BCUT2D eigenvalue weighted by molar-refractivity contribution is -0.121. The number of carbonyl (C=O) groups excluding carboxylic acids is 1. The van der Waals surface area contributed by atoms with Crippen LogP contribution in [0.25, 0.3) is 0 Å². The van der Waals surface area contributed by atoms with Gasteiger partial charge in [0.2, 0.25) is 0 Å². The minimum Gasteiger partial charge on any atom is -0.393 e. The molecule has 0 saturated heterocycles. The van der Waals surface area contributed by atoms with Gasteiger partial charge in [-0.3, -0.25) is 0 Å². The summed E-state index contributed by atoms with van der Waals surface area (Å²) >= 11 is 0. The summed E-state index contributed by atoms with van der Waals surface area (Å²) in [5.41, 5.74) is -1.48. The van der Waals surface area contributed by atoms with Crippen LogP contribution in [0.4, 0.5) is 0 Å². The van der Waals surface area contributed by atoms with E-state index in [-0.39, 0.29) is 25.2 Å². The van der Waals surface area contributed by atoms with Crippen LogP contribution in [0.15, 0.2) is 0 Å². The smallest absolute Gasteiger partial charge is 0.120 e. The Morgan fingerprint density at radius 3 is 2.53 bits per heavy atom. The fraction of sp³-hybridized carbons (Fsp3) is 0.900. The van der Waals surface area contributed by atoms with Gasteiger partial charge in [-0.15, -0.1) is 0 Å². The largest absolute Gasteiger partial charge is 0.393 e. The normalized spacial score (nSPS) is 40.1. The van der Waals surface area contributed by atoms with Gasteiger partial charge in [0.25, 0.3) is 0 Å². The average molecular weight is 218 g/mol. The van der Waals surface area contributed by atoms with E-state index in [0.717, 1.165) is 0 Å². The SMILES string of the molecule is CC(O)[C@H](O)[C@@]1(O)CC(O)[C@@H](CC=O)C1. The fourth-order valence-electron chi connectivity index (χ4n) is 2.26. The Balaban J connectivity index is 2.69. The monoisotopic (exact) mass is 218 g/mol. The molecule has 1 aliphatic rings. The van der Waals surface area contributed by atoms with Crippen LogP contribution in [0.2, 0.25) is 0 Å². The summed E-state index contributed by atoms with van der Waals surface area (Å²) in [5.74, 6) is -0.333. The summed E-state index contributed by atoms with van der Waals surface area (Å²) in [6.07, 6.45) is -2.16. The zero-order valence-corrected chi connectivity index (χ0v) is 8.71. The summed E-state index contributed by atoms with van der Waals surface area (Å²) in [6.45, 7) is 1.38. The molecule has 1 saturated carbocycles. The van der Waals surface area contributed by atoms with Crippen LogP contribution in [0.1, 0.15) is 26.2 Å². The number of aliphatic hydroxyl groups excluding tert-OH is 3. The molecule has 2 unspecified atom stereocenters. The maximum Gasteiger partial charge on any atom is 0.120 e. The van der Waals surface area contributed by atoms with E-state index in [9.17, 15) is 25.2 Å². The second-order valence-electron chi connectivity index (χ2n) is 4.43. The highest BCUT2D eigenvalue weighted by molar-refractivity contribution is 5.50. The Hall–Kier alpha value is -0.490. The zero-order valence-electron chi connectivity index (χ0n) is 8.71. The van der Waals surface area contributed by atoms with Crippen molar-refractivity contribution in [3.63, 3.8) is 0 Å². The van der Waals surface area contributed by atoms with Gasteiger partial charge in [-0.2, -0.15) is 0 Å². The number of hydrogen-bond donors (Lipinski definition) is 4. The summed E-state index contributed by atoms with van der Waals surface area (Å²) in [5, 5.41) is 38.4.